The fourth-order valence-electron chi connectivity index (χ4n) is 1.31. The Morgan fingerprint density at radius 1 is 1.69 bits per heavy atom. The van der Waals surface area contributed by atoms with Gasteiger partial charge in [-0.3, -0.25) is 4.79 Å². The molecule has 4 heteroatoms. The van der Waals surface area contributed by atoms with Gasteiger partial charge in [-0.2, -0.15) is 0 Å². The zero-order chi connectivity index (χ0) is 10.0. The minimum Gasteiger partial charge on any atom is -0.480 e. The predicted octanol–water partition coefficient (Wildman–Crippen LogP) is 0.586. The third-order valence-electron chi connectivity index (χ3n) is 2.18. The normalized spacial score (nSPS) is 12.8. The molecule has 1 aromatic heterocycles. The van der Waals surface area contributed by atoms with E-state index in [2.05, 4.69) is 4.98 Å². The Hall–Kier alpha value is -1.29. The number of aromatic amines is 1. The minimum atomic E-state index is -0.958. The monoisotopic (exact) mass is 182 g/mol. The number of hydrogen-bond donors (Lipinski definition) is 3. The lowest BCUT2D eigenvalue weighted by molar-refractivity contribution is -0.138. The topological polar surface area (TPSA) is 79.1 Å². The standard InChI is InChI=1S/C9H14N2O2/c1-5-4-11-6(2)7(5)3-8(10)9(12)13/h4,8,11H,3,10H2,1-2H3,(H,12,13). The van der Waals surface area contributed by atoms with E-state index in [9.17, 15) is 4.79 Å². The number of aliphatic carboxylic acids is 1. The maximum atomic E-state index is 10.5. The summed E-state index contributed by atoms with van der Waals surface area (Å²) in [7, 11) is 0. The number of nitrogens with two attached hydrogens (primary N) is 1. The third-order valence-corrected chi connectivity index (χ3v) is 2.18. The predicted molar refractivity (Wildman–Crippen MR) is 49.6 cm³/mol. The summed E-state index contributed by atoms with van der Waals surface area (Å²) in [5, 5.41) is 8.63. The second-order valence-corrected chi connectivity index (χ2v) is 3.22. The molecular formula is C9H14N2O2. The second kappa shape index (κ2) is 3.62. The summed E-state index contributed by atoms with van der Waals surface area (Å²) in [6, 6.07) is -0.812. The smallest absolute Gasteiger partial charge is 0.320 e. The van der Waals surface area contributed by atoms with Crippen LogP contribution in [0.2, 0.25) is 0 Å². The van der Waals surface area contributed by atoms with Crippen molar-refractivity contribution in [2.24, 2.45) is 5.73 Å². The maximum Gasteiger partial charge on any atom is 0.320 e. The Balaban J connectivity index is 2.79. The quantitative estimate of drug-likeness (QED) is 0.640. The first-order valence-electron chi connectivity index (χ1n) is 4.14. The summed E-state index contributed by atoms with van der Waals surface area (Å²) in [6.45, 7) is 3.85. The zero-order valence-electron chi connectivity index (χ0n) is 7.79. The van der Waals surface area contributed by atoms with Crippen LogP contribution in [-0.4, -0.2) is 22.1 Å². The highest BCUT2D eigenvalue weighted by molar-refractivity contribution is 5.73. The van der Waals surface area contributed by atoms with Crippen LogP contribution in [0.15, 0.2) is 6.20 Å². The summed E-state index contributed by atoms with van der Waals surface area (Å²) in [6.07, 6.45) is 2.25. The molecule has 0 amide bonds. The number of rotatable bonds is 3. The van der Waals surface area contributed by atoms with Crippen molar-refractivity contribution in [3.63, 3.8) is 0 Å². The Morgan fingerprint density at radius 3 is 2.69 bits per heavy atom. The van der Waals surface area contributed by atoms with Crippen molar-refractivity contribution in [3.8, 4) is 0 Å². The Morgan fingerprint density at radius 2 is 2.31 bits per heavy atom. The molecule has 0 radical (unpaired) electrons. The molecule has 0 aliphatic heterocycles. The third kappa shape index (κ3) is 2.09. The molecule has 4 N–H and O–H groups in total. The van der Waals surface area contributed by atoms with Gasteiger partial charge >= 0.3 is 5.97 Å². The van der Waals surface area contributed by atoms with E-state index in [0.29, 0.717) is 6.42 Å². The Bertz CT molecular complexity index is 298. The largest absolute Gasteiger partial charge is 0.480 e. The number of carboxylic acid groups (broad SMARTS) is 1. The van der Waals surface area contributed by atoms with Gasteiger partial charge in [0.2, 0.25) is 0 Å². The van der Waals surface area contributed by atoms with Crippen LogP contribution in [-0.2, 0) is 11.2 Å². The van der Waals surface area contributed by atoms with Crippen molar-refractivity contribution in [1.29, 1.82) is 0 Å². The van der Waals surface area contributed by atoms with Gasteiger partial charge in [0.25, 0.3) is 0 Å². The lowest BCUT2D eigenvalue weighted by atomic mass is 10.0. The van der Waals surface area contributed by atoms with E-state index < -0.39 is 12.0 Å². The molecule has 0 aromatic carbocycles. The van der Waals surface area contributed by atoms with Gasteiger partial charge in [0.15, 0.2) is 0 Å². The lowest BCUT2D eigenvalue weighted by Gasteiger charge is -2.06. The first kappa shape index (κ1) is 9.80. The number of hydrogen-bond acceptors (Lipinski definition) is 2. The summed E-state index contributed by atoms with van der Waals surface area (Å²) in [4.78, 5) is 13.5. The molecule has 0 spiro atoms. The highest BCUT2D eigenvalue weighted by Gasteiger charge is 2.15. The number of H-pyrrole nitrogens is 1. The Labute approximate surface area is 76.8 Å². The Kier molecular flexibility index (Phi) is 2.72. The molecule has 1 rings (SSSR count). The van der Waals surface area contributed by atoms with Crippen LogP contribution in [0, 0.1) is 13.8 Å². The average Bonchev–Trinajstić information content (AvgIpc) is 2.35. The molecule has 0 aliphatic carbocycles. The van der Waals surface area contributed by atoms with E-state index in [1.54, 1.807) is 0 Å². The highest BCUT2D eigenvalue weighted by atomic mass is 16.4. The van der Waals surface area contributed by atoms with Gasteiger partial charge in [0.05, 0.1) is 0 Å². The average molecular weight is 182 g/mol. The van der Waals surface area contributed by atoms with E-state index in [1.165, 1.54) is 0 Å². The summed E-state index contributed by atoms with van der Waals surface area (Å²) in [5.74, 6) is -0.958. The van der Waals surface area contributed by atoms with Crippen LogP contribution in [0.4, 0.5) is 0 Å². The number of carbonyl (C=O) groups is 1. The van der Waals surface area contributed by atoms with Crippen LogP contribution in [0.5, 0.6) is 0 Å². The molecule has 72 valence electrons. The fraction of sp³-hybridized carbons (Fsp3) is 0.444. The fourth-order valence-corrected chi connectivity index (χ4v) is 1.31. The molecule has 0 saturated carbocycles. The highest BCUT2D eigenvalue weighted by Crippen LogP contribution is 2.13. The van der Waals surface area contributed by atoms with Crippen molar-refractivity contribution < 1.29 is 9.90 Å². The van der Waals surface area contributed by atoms with Crippen molar-refractivity contribution in [2.75, 3.05) is 0 Å². The summed E-state index contributed by atoms with van der Waals surface area (Å²) < 4.78 is 0. The van der Waals surface area contributed by atoms with E-state index in [4.69, 9.17) is 10.8 Å². The summed E-state index contributed by atoms with van der Waals surface area (Å²) in [5.41, 5.74) is 8.50. The van der Waals surface area contributed by atoms with Gasteiger partial charge in [-0.25, -0.2) is 0 Å². The molecule has 0 saturated heterocycles. The van der Waals surface area contributed by atoms with E-state index in [1.807, 2.05) is 20.0 Å². The first-order chi connectivity index (χ1) is 6.02. The van der Waals surface area contributed by atoms with Gasteiger partial charge in [0.1, 0.15) is 6.04 Å². The van der Waals surface area contributed by atoms with Crippen LogP contribution >= 0.6 is 0 Å². The lowest BCUT2D eigenvalue weighted by Crippen LogP contribution is -2.32. The number of nitrogens with one attached hydrogen (secondary N) is 1. The minimum absolute atomic E-state index is 0.385. The molecular weight excluding hydrogens is 168 g/mol. The van der Waals surface area contributed by atoms with Crippen LogP contribution in [0.25, 0.3) is 0 Å². The number of aryl methyl sites for hydroxylation is 2. The van der Waals surface area contributed by atoms with Crippen LogP contribution < -0.4 is 5.73 Å². The SMILES string of the molecule is Cc1c[nH]c(C)c1CC(N)C(=O)O. The molecule has 0 aliphatic rings. The second-order valence-electron chi connectivity index (χ2n) is 3.22. The molecule has 0 fully saturated rings. The number of aromatic nitrogens is 1. The van der Waals surface area contributed by atoms with Gasteiger partial charge in [0, 0.05) is 18.3 Å². The molecule has 13 heavy (non-hydrogen) atoms. The molecule has 1 heterocycles. The van der Waals surface area contributed by atoms with Crippen LogP contribution in [0.1, 0.15) is 16.8 Å². The molecule has 4 nitrogen and oxygen atoms in total. The van der Waals surface area contributed by atoms with Gasteiger partial charge in [-0.05, 0) is 25.0 Å². The summed E-state index contributed by atoms with van der Waals surface area (Å²) >= 11 is 0. The molecule has 0 bridgehead atoms. The zero-order valence-corrected chi connectivity index (χ0v) is 7.79. The van der Waals surface area contributed by atoms with Crippen LogP contribution in [0.3, 0.4) is 0 Å². The maximum absolute atomic E-state index is 10.5. The van der Waals surface area contributed by atoms with Crippen molar-refractivity contribution in [3.05, 3.63) is 23.0 Å². The van der Waals surface area contributed by atoms with Crippen molar-refractivity contribution in [2.45, 2.75) is 26.3 Å². The van der Waals surface area contributed by atoms with Crippen molar-refractivity contribution >= 4 is 5.97 Å². The number of carboxylic acids is 1. The molecule has 1 atom stereocenters. The van der Waals surface area contributed by atoms with Gasteiger partial charge < -0.3 is 15.8 Å². The van der Waals surface area contributed by atoms with E-state index in [-0.39, 0.29) is 0 Å². The van der Waals surface area contributed by atoms with Gasteiger partial charge in [-0.15, -0.1) is 0 Å². The van der Waals surface area contributed by atoms with E-state index in [0.717, 1.165) is 16.8 Å². The van der Waals surface area contributed by atoms with E-state index >= 15 is 0 Å². The van der Waals surface area contributed by atoms with Gasteiger partial charge in [-0.1, -0.05) is 0 Å². The molecule has 1 unspecified atom stereocenters. The van der Waals surface area contributed by atoms with Crippen molar-refractivity contribution in [1.82, 2.24) is 4.98 Å². The first-order valence-corrected chi connectivity index (χ1v) is 4.14. The molecule has 1 aromatic rings.